The van der Waals surface area contributed by atoms with Crippen LogP contribution in [0.1, 0.15) is 31.7 Å². The minimum Gasteiger partial charge on any atom is -0.484 e. The van der Waals surface area contributed by atoms with Crippen LogP contribution in [-0.4, -0.2) is 30.5 Å². The minimum atomic E-state index is -4.33. The summed E-state index contributed by atoms with van der Waals surface area (Å²) in [7, 11) is 0. The van der Waals surface area contributed by atoms with E-state index in [1.165, 1.54) is 6.07 Å². The number of aliphatic hydroxyl groups excluding tert-OH is 1. The quantitative estimate of drug-likeness (QED) is 0.846. The van der Waals surface area contributed by atoms with Crippen molar-refractivity contribution >= 4 is 0 Å². The van der Waals surface area contributed by atoms with Crippen molar-refractivity contribution in [3.63, 3.8) is 0 Å². The summed E-state index contributed by atoms with van der Waals surface area (Å²) in [6, 6.07) is 6.88. The van der Waals surface area contributed by atoms with Gasteiger partial charge in [0.25, 0.3) is 0 Å². The Balaban J connectivity index is 1.91. The zero-order chi connectivity index (χ0) is 16.2. The molecular weight excluding hydrogens is 295 g/mol. The van der Waals surface area contributed by atoms with Gasteiger partial charge in [0.15, 0.2) is 6.61 Å². The monoisotopic (exact) mass is 317 g/mol. The van der Waals surface area contributed by atoms with Crippen molar-refractivity contribution in [2.45, 2.75) is 44.9 Å². The molecule has 1 saturated carbocycles. The first-order valence-electron chi connectivity index (χ1n) is 7.45. The Bertz CT molecular complexity index is 493. The number of alkyl halides is 3. The van der Waals surface area contributed by atoms with Crippen LogP contribution in [0.4, 0.5) is 13.2 Å². The van der Waals surface area contributed by atoms with Gasteiger partial charge in [0.05, 0.1) is 0 Å². The summed E-state index contributed by atoms with van der Waals surface area (Å²) in [5.41, 5.74) is 0.747. The van der Waals surface area contributed by atoms with Crippen molar-refractivity contribution in [2.75, 3.05) is 13.2 Å². The van der Waals surface area contributed by atoms with Crippen LogP contribution in [0.25, 0.3) is 0 Å². The van der Waals surface area contributed by atoms with E-state index in [0.717, 1.165) is 24.8 Å². The van der Waals surface area contributed by atoms with E-state index in [4.69, 9.17) is 4.74 Å². The average Bonchev–Trinajstić information content (AvgIpc) is 2.85. The van der Waals surface area contributed by atoms with E-state index in [9.17, 15) is 18.3 Å². The lowest BCUT2D eigenvalue weighted by Crippen LogP contribution is -2.41. The Hall–Kier alpha value is -1.27. The number of nitrogens with one attached hydrogen (secondary N) is 1. The Morgan fingerprint density at radius 3 is 2.86 bits per heavy atom. The second-order valence-electron chi connectivity index (χ2n) is 6.19. The third kappa shape index (κ3) is 4.61. The predicted molar refractivity (Wildman–Crippen MR) is 77.7 cm³/mol. The van der Waals surface area contributed by atoms with Crippen LogP contribution in [0.15, 0.2) is 24.3 Å². The van der Waals surface area contributed by atoms with Gasteiger partial charge in [0.1, 0.15) is 5.75 Å². The van der Waals surface area contributed by atoms with Crippen LogP contribution in [-0.2, 0) is 6.54 Å². The topological polar surface area (TPSA) is 41.5 Å². The summed E-state index contributed by atoms with van der Waals surface area (Å²) in [5.74, 6) is 0.216. The molecule has 0 bridgehead atoms. The molecule has 0 spiro atoms. The molecule has 1 aliphatic carbocycles. The van der Waals surface area contributed by atoms with Gasteiger partial charge in [0.2, 0.25) is 0 Å². The first-order chi connectivity index (χ1) is 10.3. The van der Waals surface area contributed by atoms with E-state index < -0.39 is 12.8 Å². The van der Waals surface area contributed by atoms with Crippen LogP contribution < -0.4 is 10.1 Å². The lowest BCUT2D eigenvalue weighted by molar-refractivity contribution is -0.153. The minimum absolute atomic E-state index is 0.121. The molecule has 6 heteroatoms. The molecular formula is C16H22F3NO2. The van der Waals surface area contributed by atoms with Crippen molar-refractivity contribution in [1.29, 1.82) is 0 Å². The number of halogens is 3. The molecule has 2 rings (SSSR count). The molecule has 1 aliphatic rings. The van der Waals surface area contributed by atoms with Gasteiger partial charge in [-0.2, -0.15) is 13.2 Å². The molecule has 0 unspecified atom stereocenters. The molecule has 2 atom stereocenters. The fraction of sp³-hybridized carbons (Fsp3) is 0.625. The third-order valence-corrected chi connectivity index (χ3v) is 4.30. The predicted octanol–water partition coefficient (Wildman–Crippen LogP) is 3.27. The Labute approximate surface area is 128 Å². The van der Waals surface area contributed by atoms with Crippen LogP contribution in [0.3, 0.4) is 0 Å². The second kappa shape index (κ2) is 6.87. The number of rotatable bonds is 6. The van der Waals surface area contributed by atoms with E-state index in [2.05, 4.69) is 12.2 Å². The van der Waals surface area contributed by atoms with Gasteiger partial charge in [-0.3, -0.25) is 0 Å². The molecule has 1 aromatic rings. The third-order valence-electron chi connectivity index (χ3n) is 4.30. The molecule has 0 radical (unpaired) electrons. The van der Waals surface area contributed by atoms with Crippen molar-refractivity contribution in [1.82, 2.24) is 5.32 Å². The molecule has 3 nitrogen and oxygen atoms in total. The van der Waals surface area contributed by atoms with Gasteiger partial charge in [-0.1, -0.05) is 25.5 Å². The highest BCUT2D eigenvalue weighted by Gasteiger charge is 2.37. The highest BCUT2D eigenvalue weighted by Crippen LogP contribution is 2.37. The molecule has 0 aromatic heterocycles. The molecule has 0 aliphatic heterocycles. The normalized spacial score (nSPS) is 25.4. The number of hydrogen-bond acceptors (Lipinski definition) is 3. The standard InChI is InChI=1S/C16H22F3NO2/c1-15(10-21)7-3-6-14(15)20-9-12-4-2-5-13(8-12)22-11-16(17,18)19/h2,4-5,8,14,20-21H,3,6-7,9-11H2,1H3/t14-,15+/m1/s1. The Morgan fingerprint density at radius 2 is 2.18 bits per heavy atom. The van der Waals surface area contributed by atoms with Gasteiger partial charge in [-0.05, 0) is 30.5 Å². The smallest absolute Gasteiger partial charge is 0.422 e. The fourth-order valence-corrected chi connectivity index (χ4v) is 2.92. The maximum absolute atomic E-state index is 12.2. The summed E-state index contributed by atoms with van der Waals surface area (Å²) < 4.78 is 41.2. The molecule has 0 heterocycles. The van der Waals surface area contributed by atoms with Crippen molar-refractivity contribution in [2.24, 2.45) is 5.41 Å². The Morgan fingerprint density at radius 1 is 1.41 bits per heavy atom. The molecule has 2 N–H and O–H groups in total. The van der Waals surface area contributed by atoms with E-state index in [1.807, 2.05) is 6.07 Å². The molecule has 0 amide bonds. The van der Waals surface area contributed by atoms with E-state index in [-0.39, 0.29) is 23.8 Å². The molecule has 124 valence electrons. The first kappa shape index (κ1) is 17.1. The van der Waals surface area contributed by atoms with Gasteiger partial charge in [0, 0.05) is 24.6 Å². The lowest BCUT2D eigenvalue weighted by atomic mass is 9.86. The van der Waals surface area contributed by atoms with Gasteiger partial charge in [-0.15, -0.1) is 0 Å². The molecule has 22 heavy (non-hydrogen) atoms. The van der Waals surface area contributed by atoms with E-state index in [1.54, 1.807) is 12.1 Å². The lowest BCUT2D eigenvalue weighted by Gasteiger charge is -2.30. The van der Waals surface area contributed by atoms with Crippen LogP contribution in [0.2, 0.25) is 0 Å². The summed E-state index contributed by atoms with van der Waals surface area (Å²) in [6.45, 7) is 1.46. The zero-order valence-electron chi connectivity index (χ0n) is 12.6. The van der Waals surface area contributed by atoms with E-state index >= 15 is 0 Å². The largest absolute Gasteiger partial charge is 0.484 e. The van der Waals surface area contributed by atoms with Crippen molar-refractivity contribution in [3.05, 3.63) is 29.8 Å². The highest BCUT2D eigenvalue weighted by atomic mass is 19.4. The maximum atomic E-state index is 12.2. The average molecular weight is 317 g/mol. The van der Waals surface area contributed by atoms with E-state index in [0.29, 0.717) is 6.54 Å². The first-order valence-corrected chi connectivity index (χ1v) is 7.45. The van der Waals surface area contributed by atoms with Gasteiger partial charge >= 0.3 is 6.18 Å². The maximum Gasteiger partial charge on any atom is 0.422 e. The zero-order valence-corrected chi connectivity index (χ0v) is 12.6. The summed E-state index contributed by atoms with van der Waals surface area (Å²) in [4.78, 5) is 0. The molecule has 1 aromatic carbocycles. The molecule has 1 fully saturated rings. The molecule has 0 saturated heterocycles. The number of benzene rings is 1. The Kier molecular flexibility index (Phi) is 5.34. The van der Waals surface area contributed by atoms with Crippen molar-refractivity contribution in [3.8, 4) is 5.75 Å². The van der Waals surface area contributed by atoms with Gasteiger partial charge < -0.3 is 15.2 Å². The summed E-state index contributed by atoms with van der Waals surface area (Å²) >= 11 is 0. The van der Waals surface area contributed by atoms with Crippen LogP contribution in [0.5, 0.6) is 5.75 Å². The van der Waals surface area contributed by atoms with Crippen LogP contribution in [0, 0.1) is 5.41 Å². The van der Waals surface area contributed by atoms with Crippen LogP contribution >= 0.6 is 0 Å². The highest BCUT2D eigenvalue weighted by molar-refractivity contribution is 5.28. The number of ether oxygens (including phenoxy) is 1. The second-order valence-corrected chi connectivity index (χ2v) is 6.19. The van der Waals surface area contributed by atoms with Crippen molar-refractivity contribution < 1.29 is 23.0 Å². The van der Waals surface area contributed by atoms with Gasteiger partial charge in [-0.25, -0.2) is 0 Å². The summed E-state index contributed by atoms with van der Waals surface area (Å²) in [6.07, 6.45) is -1.28. The SMILES string of the molecule is C[C@@]1(CO)CCC[C@H]1NCc1cccc(OCC(F)(F)F)c1. The number of hydrogen-bond donors (Lipinski definition) is 2. The summed E-state index contributed by atoms with van der Waals surface area (Å²) in [5, 5.41) is 12.9. The number of aliphatic hydroxyl groups is 1. The fourth-order valence-electron chi connectivity index (χ4n) is 2.92.